The molecule has 2 aliphatic heterocycles. The molecule has 2 atom stereocenters. The normalized spacial score (nSPS) is 21.1. The first-order valence-electron chi connectivity index (χ1n) is 12.7. The number of nitrogens with zero attached hydrogens (tertiary/aromatic N) is 3. The number of carboxylic acid groups (broad SMARTS) is 2. The van der Waals surface area contributed by atoms with Crippen LogP contribution in [0.3, 0.4) is 0 Å². The topological polar surface area (TPSA) is 133 Å². The number of alkyl halides is 6. The van der Waals surface area contributed by atoms with Gasteiger partial charge in [-0.15, -0.1) is 0 Å². The van der Waals surface area contributed by atoms with Gasteiger partial charge in [0.1, 0.15) is 0 Å². The molecule has 0 spiro atoms. The van der Waals surface area contributed by atoms with Crippen LogP contribution in [0.15, 0.2) is 47.5 Å². The lowest BCUT2D eigenvalue weighted by Crippen LogP contribution is -2.42. The van der Waals surface area contributed by atoms with Crippen LogP contribution in [0.4, 0.5) is 26.3 Å². The Kier molecular flexibility index (Phi) is 12.3. The van der Waals surface area contributed by atoms with Gasteiger partial charge in [-0.25, -0.2) is 9.59 Å². The van der Waals surface area contributed by atoms with Gasteiger partial charge in [-0.3, -0.25) is 19.6 Å². The van der Waals surface area contributed by atoms with Crippen molar-refractivity contribution in [2.24, 2.45) is 11.3 Å². The molecule has 2 aromatic heterocycles. The van der Waals surface area contributed by atoms with E-state index in [4.69, 9.17) is 29.0 Å². The second-order valence-corrected chi connectivity index (χ2v) is 9.68. The van der Waals surface area contributed by atoms with Crippen molar-refractivity contribution in [3.8, 4) is 0 Å². The number of carbonyl (C=O) groups is 3. The molecule has 0 aliphatic carbocycles. The van der Waals surface area contributed by atoms with Crippen LogP contribution in [-0.2, 0) is 32.2 Å². The lowest BCUT2D eigenvalue weighted by Gasteiger charge is -2.31. The number of fused-ring (bicyclic) bond motifs is 1. The molecule has 0 unspecified atom stereocenters. The number of hydrogen-bond donors (Lipinski definition) is 2. The van der Waals surface area contributed by atoms with Crippen molar-refractivity contribution in [2.75, 3.05) is 32.8 Å². The van der Waals surface area contributed by atoms with E-state index < -0.39 is 29.7 Å². The van der Waals surface area contributed by atoms with E-state index in [9.17, 15) is 31.1 Å². The molecule has 2 fully saturated rings. The first-order chi connectivity index (χ1) is 19.6. The van der Waals surface area contributed by atoms with Crippen LogP contribution >= 0.6 is 0 Å². The number of hydrogen-bond acceptors (Lipinski definition) is 8. The zero-order valence-corrected chi connectivity index (χ0v) is 22.5. The molecular formula is C26H31F6N3O7. The number of aromatic nitrogens is 1. The highest BCUT2D eigenvalue weighted by Gasteiger charge is 2.54. The van der Waals surface area contributed by atoms with Gasteiger partial charge in [0.25, 0.3) is 0 Å². The third-order valence-corrected chi connectivity index (χ3v) is 6.62. The molecule has 2 N–H and O–H groups in total. The van der Waals surface area contributed by atoms with Crippen LogP contribution in [0, 0.1) is 11.3 Å². The molecule has 0 amide bonds. The minimum atomic E-state index is -5.08. The van der Waals surface area contributed by atoms with Gasteiger partial charge in [0, 0.05) is 56.6 Å². The predicted molar refractivity (Wildman–Crippen MR) is 133 cm³/mol. The van der Waals surface area contributed by atoms with E-state index in [1.165, 1.54) is 5.56 Å². The van der Waals surface area contributed by atoms with Crippen molar-refractivity contribution >= 4 is 17.9 Å². The van der Waals surface area contributed by atoms with E-state index >= 15 is 0 Å². The Morgan fingerprint density at radius 2 is 1.62 bits per heavy atom. The largest absolute Gasteiger partial charge is 0.490 e. The maximum atomic E-state index is 13.1. The van der Waals surface area contributed by atoms with Crippen molar-refractivity contribution in [1.82, 2.24) is 14.8 Å². The standard InChI is InChI=1S/C22H29N3O3.2C2HF3O2/c1-2-28-21(26)22-7-4-9-24(12-18-5-3-8-23-11-18)14-20(22)15-25(17-22)13-19-6-10-27-16-19;2*3-2(4,5)1(6)7/h3,5-6,8,10-11,16,20H,2,4,7,9,12-15,17H2,1H3;2*(H,6,7)/t20-,22-;;/m0../s1. The summed E-state index contributed by atoms with van der Waals surface area (Å²) in [5, 5.41) is 14.2. The molecule has 2 saturated heterocycles. The Bertz CT molecular complexity index is 1120. The van der Waals surface area contributed by atoms with Gasteiger partial charge in [0.15, 0.2) is 0 Å². The summed E-state index contributed by atoms with van der Waals surface area (Å²) in [6, 6.07) is 6.11. The second-order valence-electron chi connectivity index (χ2n) is 9.68. The number of halogens is 6. The van der Waals surface area contributed by atoms with Gasteiger partial charge in [0.2, 0.25) is 0 Å². The Labute approximate surface area is 236 Å². The number of aliphatic carboxylic acids is 2. The Morgan fingerprint density at radius 1 is 1.02 bits per heavy atom. The van der Waals surface area contributed by atoms with Crippen LogP contribution < -0.4 is 0 Å². The smallest absolute Gasteiger partial charge is 0.475 e. The monoisotopic (exact) mass is 611 g/mol. The molecule has 0 aromatic carbocycles. The van der Waals surface area contributed by atoms with E-state index in [2.05, 4.69) is 20.9 Å². The molecule has 0 saturated carbocycles. The third-order valence-electron chi connectivity index (χ3n) is 6.62. The number of carbonyl (C=O) groups excluding carboxylic acids is 1. The summed E-state index contributed by atoms with van der Waals surface area (Å²) in [7, 11) is 0. The molecule has 234 valence electrons. The fourth-order valence-corrected chi connectivity index (χ4v) is 4.88. The minimum Gasteiger partial charge on any atom is -0.475 e. The number of rotatable bonds is 6. The molecule has 42 heavy (non-hydrogen) atoms. The predicted octanol–water partition coefficient (Wildman–Crippen LogP) is 4.22. The van der Waals surface area contributed by atoms with Crippen molar-refractivity contribution in [1.29, 1.82) is 0 Å². The first kappa shape index (κ1) is 34.5. The molecule has 4 rings (SSSR count). The van der Waals surface area contributed by atoms with E-state index in [0.29, 0.717) is 6.61 Å². The summed E-state index contributed by atoms with van der Waals surface area (Å²) in [5.74, 6) is -5.25. The number of esters is 1. The fourth-order valence-electron chi connectivity index (χ4n) is 4.88. The van der Waals surface area contributed by atoms with E-state index in [1.807, 2.05) is 31.5 Å². The summed E-state index contributed by atoms with van der Waals surface area (Å²) in [6.07, 6.45) is -1.02. The molecule has 0 radical (unpaired) electrons. The molecule has 0 bridgehead atoms. The SMILES string of the molecule is CCOC(=O)[C@]12CCCN(Cc3cccnc3)C[C@H]1CN(Cc1ccoc1)C2.O=C(O)C(F)(F)F.O=C(O)C(F)(F)F. The quantitative estimate of drug-likeness (QED) is 0.361. The lowest BCUT2D eigenvalue weighted by atomic mass is 9.75. The molecule has 16 heteroatoms. The van der Waals surface area contributed by atoms with Gasteiger partial charge in [-0.05, 0) is 44.0 Å². The van der Waals surface area contributed by atoms with Crippen LogP contribution in [0.2, 0.25) is 0 Å². The molecule has 2 aliphatic rings. The van der Waals surface area contributed by atoms with E-state index in [0.717, 1.165) is 57.7 Å². The van der Waals surface area contributed by atoms with Crippen LogP contribution in [0.1, 0.15) is 30.9 Å². The molecule has 4 heterocycles. The summed E-state index contributed by atoms with van der Waals surface area (Å²) in [4.78, 5) is 40.0. The summed E-state index contributed by atoms with van der Waals surface area (Å²) in [5.41, 5.74) is 1.98. The maximum Gasteiger partial charge on any atom is 0.490 e. The number of pyridine rings is 1. The molecule has 10 nitrogen and oxygen atoms in total. The number of furan rings is 1. The fraction of sp³-hybridized carbons (Fsp3) is 0.538. The average Bonchev–Trinajstić information content (AvgIpc) is 3.49. The van der Waals surface area contributed by atoms with Crippen LogP contribution in [0.25, 0.3) is 0 Å². The highest BCUT2D eigenvalue weighted by molar-refractivity contribution is 5.78. The van der Waals surface area contributed by atoms with Gasteiger partial charge < -0.3 is 19.4 Å². The molecule has 2 aromatic rings. The van der Waals surface area contributed by atoms with E-state index in [1.54, 1.807) is 12.5 Å². The number of ether oxygens (including phenoxy) is 1. The van der Waals surface area contributed by atoms with Gasteiger partial charge in [0.05, 0.1) is 24.5 Å². The van der Waals surface area contributed by atoms with Crippen LogP contribution in [-0.4, -0.2) is 88.0 Å². The minimum absolute atomic E-state index is 0.0158. The summed E-state index contributed by atoms with van der Waals surface area (Å²) < 4.78 is 74.3. The zero-order chi connectivity index (χ0) is 31.6. The Balaban J connectivity index is 0.000000367. The van der Waals surface area contributed by atoms with Gasteiger partial charge >= 0.3 is 30.3 Å². The highest BCUT2D eigenvalue weighted by Crippen LogP contribution is 2.44. The summed E-state index contributed by atoms with van der Waals surface area (Å²) >= 11 is 0. The summed E-state index contributed by atoms with van der Waals surface area (Å²) in [6.45, 7) is 7.63. The number of carboxylic acids is 2. The third kappa shape index (κ3) is 10.3. The van der Waals surface area contributed by atoms with Crippen molar-refractivity contribution in [3.05, 3.63) is 54.2 Å². The number of likely N-dealkylation sites (tertiary alicyclic amines) is 2. The molecular weight excluding hydrogens is 580 g/mol. The lowest BCUT2D eigenvalue weighted by molar-refractivity contribution is -0.193. The van der Waals surface area contributed by atoms with Crippen molar-refractivity contribution in [3.63, 3.8) is 0 Å². The highest BCUT2D eigenvalue weighted by atomic mass is 19.4. The maximum absolute atomic E-state index is 13.1. The Morgan fingerprint density at radius 3 is 2.12 bits per heavy atom. The average molecular weight is 612 g/mol. The van der Waals surface area contributed by atoms with Crippen LogP contribution in [0.5, 0.6) is 0 Å². The second kappa shape index (κ2) is 15.0. The van der Waals surface area contributed by atoms with Crippen molar-refractivity contribution < 1.29 is 60.1 Å². The van der Waals surface area contributed by atoms with Crippen molar-refractivity contribution in [2.45, 2.75) is 45.2 Å². The zero-order valence-electron chi connectivity index (χ0n) is 22.5. The van der Waals surface area contributed by atoms with E-state index in [-0.39, 0.29) is 11.9 Å². The van der Waals surface area contributed by atoms with Gasteiger partial charge in [-0.2, -0.15) is 26.3 Å². The first-order valence-corrected chi connectivity index (χ1v) is 12.7. The Hall–Kier alpha value is -3.66. The van der Waals surface area contributed by atoms with Gasteiger partial charge in [-0.1, -0.05) is 6.07 Å².